The number of imide groups is 1. The van der Waals surface area contributed by atoms with E-state index in [2.05, 4.69) is 20.9 Å². The highest BCUT2D eigenvalue weighted by Gasteiger charge is 2.72. The molecule has 1 aromatic heterocycles. The molecule has 25 heavy (non-hydrogen) atoms. The molecule has 6 nitrogen and oxygen atoms in total. The third kappa shape index (κ3) is 1.75. The summed E-state index contributed by atoms with van der Waals surface area (Å²) in [6.07, 6.45) is 1.60. The van der Waals surface area contributed by atoms with Crippen LogP contribution in [0.15, 0.2) is 21.0 Å². The maximum atomic E-state index is 13.2. The van der Waals surface area contributed by atoms with Crippen LogP contribution < -0.4 is 4.90 Å². The van der Waals surface area contributed by atoms with E-state index in [4.69, 9.17) is 9.15 Å². The number of anilines is 1. The number of oxazole rings is 1. The van der Waals surface area contributed by atoms with Gasteiger partial charge < -0.3 is 9.15 Å². The summed E-state index contributed by atoms with van der Waals surface area (Å²) >= 11 is 3.44. The summed E-state index contributed by atoms with van der Waals surface area (Å²) in [5.74, 6) is -0.740. The van der Waals surface area contributed by atoms with Crippen LogP contribution in [-0.2, 0) is 14.3 Å². The number of amides is 2. The van der Waals surface area contributed by atoms with Crippen LogP contribution in [0.1, 0.15) is 32.6 Å². The zero-order valence-corrected chi connectivity index (χ0v) is 15.7. The Morgan fingerprint density at radius 3 is 2.36 bits per heavy atom. The van der Waals surface area contributed by atoms with Gasteiger partial charge in [0.25, 0.3) is 0 Å². The molecular formula is C18H17BrN2O4. The molecule has 0 saturated carbocycles. The molecule has 3 aliphatic heterocycles. The van der Waals surface area contributed by atoms with E-state index >= 15 is 0 Å². The number of fused-ring (bicyclic) bond motifs is 6. The fraction of sp³-hybridized carbons (Fsp3) is 0.500. The van der Waals surface area contributed by atoms with Gasteiger partial charge in [0.1, 0.15) is 5.52 Å². The Kier molecular flexibility index (Phi) is 2.80. The minimum atomic E-state index is -0.560. The molecule has 4 atom stereocenters. The standard InChI is InChI=1S/C18H17BrN2O4/c1-8-20-13-10(5-4-9(19)14(13)24-8)21-15(22)11-12(16(21)23)18(3)7-6-17(11,2)25-18/h4-5,11-12H,6-7H2,1-3H3/t11-,12+,17?,18?. The number of aryl methyl sites for hydroxylation is 1. The average Bonchev–Trinajstić information content (AvgIpc) is 3.21. The summed E-state index contributed by atoms with van der Waals surface area (Å²) < 4.78 is 12.5. The van der Waals surface area contributed by atoms with Gasteiger partial charge in [-0.2, -0.15) is 0 Å². The molecule has 3 aliphatic rings. The number of rotatable bonds is 1. The highest BCUT2D eigenvalue weighted by atomic mass is 79.9. The van der Waals surface area contributed by atoms with E-state index in [1.807, 2.05) is 13.8 Å². The highest BCUT2D eigenvalue weighted by molar-refractivity contribution is 9.10. The molecule has 2 unspecified atom stereocenters. The van der Waals surface area contributed by atoms with Crippen LogP contribution in [0.4, 0.5) is 5.69 Å². The lowest BCUT2D eigenvalue weighted by Gasteiger charge is -2.27. The molecule has 130 valence electrons. The Bertz CT molecular complexity index is 935. The molecule has 2 aromatic rings. The van der Waals surface area contributed by atoms with E-state index in [0.29, 0.717) is 22.7 Å². The van der Waals surface area contributed by atoms with Crippen molar-refractivity contribution in [2.45, 2.75) is 44.8 Å². The van der Waals surface area contributed by atoms with Gasteiger partial charge in [-0.25, -0.2) is 9.88 Å². The van der Waals surface area contributed by atoms with Crippen LogP contribution in [0.5, 0.6) is 0 Å². The van der Waals surface area contributed by atoms with Crippen LogP contribution in [0, 0.1) is 18.8 Å². The molecule has 3 fully saturated rings. The van der Waals surface area contributed by atoms with Gasteiger partial charge >= 0.3 is 0 Å². The van der Waals surface area contributed by atoms with Crippen molar-refractivity contribution in [2.24, 2.45) is 11.8 Å². The molecule has 3 saturated heterocycles. The van der Waals surface area contributed by atoms with E-state index < -0.39 is 23.0 Å². The summed E-state index contributed by atoms with van der Waals surface area (Å²) in [5.41, 5.74) is 0.442. The van der Waals surface area contributed by atoms with E-state index in [9.17, 15) is 9.59 Å². The zero-order valence-electron chi connectivity index (χ0n) is 14.1. The molecule has 1 aromatic carbocycles. The number of aromatic nitrogens is 1. The first kappa shape index (κ1) is 15.5. The molecule has 5 rings (SSSR count). The molecule has 2 amide bonds. The van der Waals surface area contributed by atoms with Crippen molar-refractivity contribution in [1.82, 2.24) is 4.98 Å². The summed E-state index contributed by atoms with van der Waals surface area (Å²) in [6.45, 7) is 5.65. The van der Waals surface area contributed by atoms with Gasteiger partial charge in [-0.05, 0) is 54.8 Å². The molecule has 0 N–H and O–H groups in total. The normalized spacial score (nSPS) is 36.7. The Hall–Kier alpha value is -1.73. The Labute approximate surface area is 152 Å². The summed E-state index contributed by atoms with van der Waals surface area (Å²) in [5, 5.41) is 0. The quantitative estimate of drug-likeness (QED) is 0.681. The largest absolute Gasteiger partial charge is 0.440 e. The van der Waals surface area contributed by atoms with Crippen molar-refractivity contribution in [3.8, 4) is 0 Å². The highest BCUT2D eigenvalue weighted by Crippen LogP contribution is 2.61. The minimum Gasteiger partial charge on any atom is -0.440 e. The maximum Gasteiger partial charge on any atom is 0.240 e. The lowest BCUT2D eigenvalue weighted by atomic mass is 9.69. The average molecular weight is 405 g/mol. The van der Waals surface area contributed by atoms with Crippen LogP contribution in [0.2, 0.25) is 0 Å². The Morgan fingerprint density at radius 2 is 1.76 bits per heavy atom. The molecule has 0 radical (unpaired) electrons. The Morgan fingerprint density at radius 1 is 1.16 bits per heavy atom. The number of carbonyl (C=O) groups is 2. The first-order chi connectivity index (χ1) is 11.8. The lowest BCUT2D eigenvalue weighted by Crippen LogP contribution is -2.40. The van der Waals surface area contributed by atoms with E-state index in [1.165, 1.54) is 4.90 Å². The van der Waals surface area contributed by atoms with Crippen molar-refractivity contribution in [2.75, 3.05) is 4.90 Å². The smallest absolute Gasteiger partial charge is 0.240 e. The van der Waals surface area contributed by atoms with E-state index in [0.717, 1.165) is 17.3 Å². The number of ether oxygens (including phenoxy) is 1. The van der Waals surface area contributed by atoms with Crippen LogP contribution in [-0.4, -0.2) is 28.0 Å². The maximum absolute atomic E-state index is 13.2. The Balaban J connectivity index is 1.69. The number of carbonyl (C=O) groups excluding carboxylic acids is 2. The molecule has 0 aliphatic carbocycles. The number of hydrogen-bond donors (Lipinski definition) is 0. The van der Waals surface area contributed by atoms with Crippen LogP contribution >= 0.6 is 15.9 Å². The van der Waals surface area contributed by atoms with Gasteiger partial charge in [0.05, 0.1) is 33.2 Å². The molecule has 0 spiro atoms. The second-order valence-corrected chi connectivity index (χ2v) is 8.53. The fourth-order valence-corrected chi connectivity index (χ4v) is 5.36. The van der Waals surface area contributed by atoms with Crippen LogP contribution in [0.3, 0.4) is 0 Å². The fourth-order valence-electron chi connectivity index (χ4n) is 4.96. The van der Waals surface area contributed by atoms with Crippen molar-refractivity contribution in [3.63, 3.8) is 0 Å². The summed E-state index contributed by atoms with van der Waals surface area (Å²) in [4.78, 5) is 32.1. The third-order valence-corrected chi connectivity index (χ3v) is 6.65. The summed E-state index contributed by atoms with van der Waals surface area (Å²) in [6, 6.07) is 3.53. The minimum absolute atomic E-state index is 0.190. The van der Waals surface area contributed by atoms with Gasteiger partial charge in [0.15, 0.2) is 11.5 Å². The predicted octanol–water partition coefficient (Wildman–Crippen LogP) is 3.35. The second kappa shape index (κ2) is 4.51. The number of benzene rings is 1. The van der Waals surface area contributed by atoms with Gasteiger partial charge in [-0.3, -0.25) is 9.59 Å². The van der Waals surface area contributed by atoms with Gasteiger partial charge in [0.2, 0.25) is 11.8 Å². The lowest BCUT2D eigenvalue weighted by molar-refractivity contribution is -0.129. The van der Waals surface area contributed by atoms with E-state index in [1.54, 1.807) is 19.1 Å². The number of halogens is 1. The predicted molar refractivity (Wildman–Crippen MR) is 93.0 cm³/mol. The monoisotopic (exact) mass is 404 g/mol. The number of hydrogen-bond acceptors (Lipinski definition) is 5. The van der Waals surface area contributed by atoms with Crippen molar-refractivity contribution >= 4 is 44.5 Å². The van der Waals surface area contributed by atoms with Gasteiger partial charge in [0, 0.05) is 6.92 Å². The number of nitrogens with zero attached hydrogens (tertiary/aromatic N) is 2. The second-order valence-electron chi connectivity index (χ2n) is 7.67. The van der Waals surface area contributed by atoms with Crippen molar-refractivity contribution < 1.29 is 18.7 Å². The summed E-state index contributed by atoms with van der Waals surface area (Å²) in [7, 11) is 0. The van der Waals surface area contributed by atoms with Gasteiger partial charge in [-0.15, -0.1) is 0 Å². The first-order valence-electron chi connectivity index (χ1n) is 8.39. The van der Waals surface area contributed by atoms with Crippen molar-refractivity contribution in [1.29, 1.82) is 0 Å². The first-order valence-corrected chi connectivity index (χ1v) is 9.18. The van der Waals surface area contributed by atoms with Crippen molar-refractivity contribution in [3.05, 3.63) is 22.5 Å². The van der Waals surface area contributed by atoms with Gasteiger partial charge in [-0.1, -0.05) is 0 Å². The molecule has 2 bridgehead atoms. The molecule has 7 heteroatoms. The van der Waals surface area contributed by atoms with Crippen LogP contribution in [0.25, 0.3) is 11.1 Å². The third-order valence-electron chi connectivity index (χ3n) is 6.03. The zero-order chi connectivity index (χ0) is 17.7. The topological polar surface area (TPSA) is 72.6 Å². The van der Waals surface area contributed by atoms with E-state index in [-0.39, 0.29) is 11.8 Å². The SMILES string of the molecule is Cc1nc2c(N3C(=O)[C@@H]4[C@H](C3=O)C3(C)CCC4(C)O3)ccc(Br)c2o1. The molecular weight excluding hydrogens is 388 g/mol. The molecule has 4 heterocycles.